The predicted molar refractivity (Wildman–Crippen MR) is 84.7 cm³/mol. The lowest BCUT2D eigenvalue weighted by Crippen LogP contribution is -2.46. The van der Waals surface area contributed by atoms with E-state index >= 15 is 0 Å². The highest BCUT2D eigenvalue weighted by atomic mass is 35.5. The third-order valence-corrected chi connectivity index (χ3v) is 2.69. The van der Waals surface area contributed by atoms with Crippen molar-refractivity contribution in [1.29, 1.82) is 0 Å². The van der Waals surface area contributed by atoms with Gasteiger partial charge in [-0.05, 0) is 45.7 Å². The van der Waals surface area contributed by atoms with Crippen molar-refractivity contribution in [3.63, 3.8) is 0 Å². The largest absolute Gasteiger partial charge is 0.483 e. The Morgan fingerprint density at radius 1 is 1.25 bits per heavy atom. The number of halogens is 1. The Kier molecular flexibility index (Phi) is 7.03. The Labute approximate surface area is 127 Å². The molecule has 0 saturated heterocycles. The van der Waals surface area contributed by atoms with Gasteiger partial charge in [-0.3, -0.25) is 4.79 Å². The van der Waals surface area contributed by atoms with E-state index in [-0.39, 0.29) is 24.9 Å². The predicted octanol–water partition coefficient (Wildman–Crippen LogP) is 2.27. The van der Waals surface area contributed by atoms with E-state index in [4.69, 9.17) is 10.5 Å². The van der Waals surface area contributed by atoms with Gasteiger partial charge in [-0.15, -0.1) is 12.4 Å². The molecule has 5 heteroatoms. The first-order valence-corrected chi connectivity index (χ1v) is 6.45. The summed E-state index contributed by atoms with van der Waals surface area (Å²) < 4.78 is 5.60. The first kappa shape index (κ1) is 18.7. The molecule has 0 bridgehead atoms. The molecule has 0 unspecified atom stereocenters. The number of amides is 1. The summed E-state index contributed by atoms with van der Waals surface area (Å²) in [6.45, 7) is 10.2. The first-order chi connectivity index (χ1) is 8.69. The number of carbonyl (C=O) groups excluding carboxylic acids is 1. The van der Waals surface area contributed by atoms with Crippen molar-refractivity contribution in [3.05, 3.63) is 28.8 Å². The molecule has 1 aromatic carbocycles. The maximum absolute atomic E-state index is 11.7. The van der Waals surface area contributed by atoms with E-state index in [1.165, 1.54) is 5.56 Å². The molecule has 0 fully saturated rings. The highest BCUT2D eigenvalue weighted by Crippen LogP contribution is 2.24. The Hall–Kier alpha value is -1.26. The molecule has 20 heavy (non-hydrogen) atoms. The number of hydrogen-bond acceptors (Lipinski definition) is 3. The van der Waals surface area contributed by atoms with Gasteiger partial charge >= 0.3 is 0 Å². The minimum atomic E-state index is -0.411. The van der Waals surface area contributed by atoms with E-state index < -0.39 is 5.54 Å². The maximum atomic E-state index is 11.7. The zero-order valence-electron chi connectivity index (χ0n) is 12.9. The van der Waals surface area contributed by atoms with Gasteiger partial charge in [0.05, 0.1) is 0 Å². The van der Waals surface area contributed by atoms with Crippen molar-refractivity contribution >= 4 is 18.3 Å². The van der Waals surface area contributed by atoms with Crippen molar-refractivity contribution < 1.29 is 9.53 Å². The lowest BCUT2D eigenvalue weighted by molar-refractivity contribution is -0.123. The van der Waals surface area contributed by atoms with Crippen LogP contribution in [0.25, 0.3) is 0 Å². The van der Waals surface area contributed by atoms with Gasteiger partial charge in [0.2, 0.25) is 0 Å². The Morgan fingerprint density at radius 3 is 2.20 bits per heavy atom. The second kappa shape index (κ2) is 7.50. The number of rotatable bonds is 5. The number of nitrogens with two attached hydrogens (primary N) is 1. The number of carbonyl (C=O) groups is 1. The van der Waals surface area contributed by atoms with Gasteiger partial charge in [-0.2, -0.15) is 0 Å². The summed E-state index contributed by atoms with van der Waals surface area (Å²) >= 11 is 0. The molecule has 0 radical (unpaired) electrons. The molecule has 1 amide bonds. The van der Waals surface area contributed by atoms with Crippen LogP contribution in [0, 0.1) is 20.8 Å². The molecule has 4 nitrogen and oxygen atoms in total. The van der Waals surface area contributed by atoms with Gasteiger partial charge in [-0.1, -0.05) is 17.7 Å². The number of hydrogen-bond donors (Lipinski definition) is 2. The zero-order valence-corrected chi connectivity index (χ0v) is 13.7. The van der Waals surface area contributed by atoms with Gasteiger partial charge in [0.25, 0.3) is 5.91 Å². The fraction of sp³-hybridized carbons (Fsp3) is 0.533. The van der Waals surface area contributed by atoms with Crippen LogP contribution >= 0.6 is 12.4 Å². The Morgan fingerprint density at radius 2 is 1.75 bits per heavy atom. The van der Waals surface area contributed by atoms with Crippen LogP contribution in [0.4, 0.5) is 0 Å². The van der Waals surface area contributed by atoms with Gasteiger partial charge < -0.3 is 15.8 Å². The smallest absolute Gasteiger partial charge is 0.258 e. The normalized spacial score (nSPS) is 10.7. The fourth-order valence-corrected chi connectivity index (χ4v) is 1.91. The maximum Gasteiger partial charge on any atom is 0.258 e. The first-order valence-electron chi connectivity index (χ1n) is 6.45. The number of aryl methyl sites for hydroxylation is 3. The van der Waals surface area contributed by atoms with Crippen LogP contribution in [-0.2, 0) is 4.79 Å². The lowest BCUT2D eigenvalue weighted by atomic mass is 10.1. The summed E-state index contributed by atoms with van der Waals surface area (Å²) in [5.41, 5.74) is 8.67. The van der Waals surface area contributed by atoms with E-state index in [2.05, 4.69) is 5.32 Å². The van der Waals surface area contributed by atoms with E-state index in [1.807, 2.05) is 46.8 Å². The molecule has 1 aromatic rings. The van der Waals surface area contributed by atoms with E-state index in [0.717, 1.165) is 16.9 Å². The summed E-state index contributed by atoms with van der Waals surface area (Å²) in [6, 6.07) is 4.09. The molecule has 3 N–H and O–H groups in total. The summed E-state index contributed by atoms with van der Waals surface area (Å²) in [7, 11) is 0. The minimum absolute atomic E-state index is 0. The van der Waals surface area contributed by atoms with Crippen LogP contribution in [0.2, 0.25) is 0 Å². The summed E-state index contributed by atoms with van der Waals surface area (Å²) in [6.07, 6.45) is 0. The Balaban J connectivity index is 0.00000361. The molecular formula is C15H25ClN2O2. The molecule has 0 aliphatic rings. The number of benzene rings is 1. The highest BCUT2D eigenvalue weighted by molar-refractivity contribution is 5.85. The van der Waals surface area contributed by atoms with Crippen LogP contribution in [0.3, 0.4) is 0 Å². The molecule has 0 aromatic heterocycles. The summed E-state index contributed by atoms with van der Waals surface area (Å²) in [5.74, 6) is 0.630. The lowest BCUT2D eigenvalue weighted by Gasteiger charge is -2.19. The molecule has 0 atom stereocenters. The molecule has 0 aliphatic carbocycles. The summed E-state index contributed by atoms with van der Waals surface area (Å²) in [5, 5.41) is 2.75. The second-order valence-corrected chi connectivity index (χ2v) is 5.78. The Bertz CT molecular complexity index is 444. The third kappa shape index (κ3) is 6.26. The molecule has 114 valence electrons. The SMILES string of the molecule is Cc1cc(C)c(OCC(=O)NCC(C)(C)N)c(C)c1.Cl. The van der Waals surface area contributed by atoms with Crippen molar-refractivity contribution in [2.45, 2.75) is 40.2 Å². The van der Waals surface area contributed by atoms with E-state index in [1.54, 1.807) is 0 Å². The topological polar surface area (TPSA) is 64.3 Å². The molecular weight excluding hydrogens is 276 g/mol. The van der Waals surface area contributed by atoms with Gasteiger partial charge in [-0.25, -0.2) is 0 Å². The van der Waals surface area contributed by atoms with Gasteiger partial charge in [0, 0.05) is 12.1 Å². The number of ether oxygens (including phenoxy) is 1. The molecule has 1 rings (SSSR count). The van der Waals surface area contributed by atoms with E-state index in [0.29, 0.717) is 6.54 Å². The monoisotopic (exact) mass is 300 g/mol. The average Bonchev–Trinajstić information content (AvgIpc) is 2.23. The standard InChI is InChI=1S/C15H24N2O2.ClH/c1-10-6-11(2)14(12(3)7-10)19-8-13(18)17-9-15(4,5)16;/h6-7H,8-9,16H2,1-5H3,(H,17,18);1H. The van der Waals surface area contributed by atoms with Crippen molar-refractivity contribution in [3.8, 4) is 5.75 Å². The fourth-order valence-electron chi connectivity index (χ4n) is 1.91. The second-order valence-electron chi connectivity index (χ2n) is 5.78. The molecule has 0 saturated carbocycles. The van der Waals surface area contributed by atoms with Crippen molar-refractivity contribution in [2.24, 2.45) is 5.73 Å². The van der Waals surface area contributed by atoms with Gasteiger partial charge in [0.15, 0.2) is 6.61 Å². The number of nitrogens with one attached hydrogen (secondary N) is 1. The third-order valence-electron chi connectivity index (χ3n) is 2.69. The molecule has 0 spiro atoms. The van der Waals surface area contributed by atoms with Crippen LogP contribution in [-0.4, -0.2) is 24.6 Å². The van der Waals surface area contributed by atoms with Crippen LogP contribution in [0.1, 0.15) is 30.5 Å². The van der Waals surface area contributed by atoms with E-state index in [9.17, 15) is 4.79 Å². The molecule has 0 aliphatic heterocycles. The minimum Gasteiger partial charge on any atom is -0.483 e. The molecule has 0 heterocycles. The van der Waals surface area contributed by atoms with Crippen LogP contribution < -0.4 is 15.8 Å². The highest BCUT2D eigenvalue weighted by Gasteiger charge is 2.13. The van der Waals surface area contributed by atoms with Crippen molar-refractivity contribution in [1.82, 2.24) is 5.32 Å². The van der Waals surface area contributed by atoms with Crippen molar-refractivity contribution in [2.75, 3.05) is 13.2 Å². The average molecular weight is 301 g/mol. The van der Waals surface area contributed by atoms with Crippen LogP contribution in [0.5, 0.6) is 5.75 Å². The van der Waals surface area contributed by atoms with Crippen LogP contribution in [0.15, 0.2) is 12.1 Å². The summed E-state index contributed by atoms with van der Waals surface area (Å²) in [4.78, 5) is 11.7. The quantitative estimate of drug-likeness (QED) is 0.877. The van der Waals surface area contributed by atoms with Gasteiger partial charge in [0.1, 0.15) is 5.75 Å². The zero-order chi connectivity index (χ0) is 14.6.